The van der Waals surface area contributed by atoms with Gasteiger partial charge >= 0.3 is 0 Å². The molecule has 0 N–H and O–H groups in total. The van der Waals surface area contributed by atoms with Crippen molar-refractivity contribution in [1.82, 2.24) is 9.55 Å². The fourth-order valence-electron chi connectivity index (χ4n) is 3.34. The van der Waals surface area contributed by atoms with Gasteiger partial charge in [-0.25, -0.2) is 4.98 Å². The monoisotopic (exact) mass is 368 g/mol. The van der Waals surface area contributed by atoms with E-state index in [-0.39, 0.29) is 17.5 Å². The molecule has 0 unspecified atom stereocenters. The number of benzene rings is 1. The van der Waals surface area contributed by atoms with Crippen molar-refractivity contribution < 1.29 is 0 Å². The lowest BCUT2D eigenvalue weighted by molar-refractivity contribution is 0.457. The van der Waals surface area contributed by atoms with E-state index >= 15 is 0 Å². The van der Waals surface area contributed by atoms with Crippen molar-refractivity contribution in [2.75, 3.05) is 5.75 Å². The molecule has 1 heterocycles. The summed E-state index contributed by atoms with van der Waals surface area (Å²) in [6, 6.07) is 7.87. The Bertz CT molecular complexity index is 799. The average molecular weight is 369 g/mol. The van der Waals surface area contributed by atoms with Crippen LogP contribution in [0.2, 0.25) is 0 Å². The highest BCUT2D eigenvalue weighted by molar-refractivity contribution is 7.99. The Kier molecular flexibility index (Phi) is 4.11. The normalized spacial score (nSPS) is 23.5. The van der Waals surface area contributed by atoms with Crippen molar-refractivity contribution in [3.63, 3.8) is 0 Å². The van der Waals surface area contributed by atoms with Gasteiger partial charge in [0.1, 0.15) is 4.33 Å². The highest BCUT2D eigenvalue weighted by Gasteiger charge is 2.51. The first kappa shape index (κ1) is 15.8. The smallest absolute Gasteiger partial charge is 0.262 e. The van der Waals surface area contributed by atoms with Gasteiger partial charge in [0, 0.05) is 17.7 Å². The molecule has 23 heavy (non-hydrogen) atoms. The SMILES string of the molecule is O=c1c2ccccc2nc(SC[C@@H]2CC2(Cl)Cl)n1C1CCCC1. The molecule has 4 rings (SSSR count). The van der Waals surface area contributed by atoms with Crippen molar-refractivity contribution in [3.05, 3.63) is 34.6 Å². The van der Waals surface area contributed by atoms with Gasteiger partial charge in [-0.1, -0.05) is 36.7 Å². The lowest BCUT2D eigenvalue weighted by Crippen LogP contribution is -2.26. The van der Waals surface area contributed by atoms with Gasteiger partial charge in [-0.3, -0.25) is 9.36 Å². The molecule has 2 aromatic rings. The number of rotatable bonds is 4. The van der Waals surface area contributed by atoms with Crippen LogP contribution in [0.25, 0.3) is 10.9 Å². The van der Waals surface area contributed by atoms with Crippen molar-refractivity contribution in [2.24, 2.45) is 5.92 Å². The molecule has 2 aliphatic rings. The first-order valence-corrected chi connectivity index (χ1v) is 9.82. The van der Waals surface area contributed by atoms with Gasteiger partial charge in [0.2, 0.25) is 0 Å². The fraction of sp³-hybridized carbons (Fsp3) is 0.529. The molecule has 0 bridgehead atoms. The van der Waals surface area contributed by atoms with Gasteiger partial charge in [-0.05, 0) is 31.4 Å². The van der Waals surface area contributed by atoms with Crippen molar-refractivity contribution >= 4 is 45.9 Å². The lowest BCUT2D eigenvalue weighted by atomic mass is 10.2. The topological polar surface area (TPSA) is 34.9 Å². The Labute approximate surface area is 149 Å². The number of alkyl halides is 2. The van der Waals surface area contributed by atoms with Crippen LogP contribution in [0.15, 0.2) is 34.2 Å². The maximum absolute atomic E-state index is 13.0. The molecule has 1 atom stereocenters. The summed E-state index contributed by atoms with van der Waals surface area (Å²) in [6.45, 7) is 0. The zero-order valence-corrected chi connectivity index (χ0v) is 15.0. The second-order valence-electron chi connectivity index (χ2n) is 6.50. The molecule has 1 aromatic heterocycles. The molecule has 122 valence electrons. The van der Waals surface area contributed by atoms with Gasteiger partial charge in [-0.15, -0.1) is 23.2 Å². The largest absolute Gasteiger partial charge is 0.284 e. The summed E-state index contributed by atoms with van der Waals surface area (Å²) < 4.78 is 1.34. The van der Waals surface area contributed by atoms with Gasteiger partial charge in [0.25, 0.3) is 5.56 Å². The fourth-order valence-corrected chi connectivity index (χ4v) is 5.33. The lowest BCUT2D eigenvalue weighted by Gasteiger charge is -2.18. The summed E-state index contributed by atoms with van der Waals surface area (Å²) in [4.78, 5) is 17.7. The van der Waals surface area contributed by atoms with Crippen LogP contribution in [-0.2, 0) is 0 Å². The van der Waals surface area contributed by atoms with E-state index in [9.17, 15) is 4.79 Å². The number of hydrogen-bond acceptors (Lipinski definition) is 3. The van der Waals surface area contributed by atoms with Gasteiger partial charge in [-0.2, -0.15) is 0 Å². The van der Waals surface area contributed by atoms with Crippen molar-refractivity contribution in [2.45, 2.75) is 47.6 Å². The molecule has 3 nitrogen and oxygen atoms in total. The van der Waals surface area contributed by atoms with Crippen LogP contribution >= 0.6 is 35.0 Å². The molecular formula is C17H18Cl2N2OS. The molecule has 0 radical (unpaired) electrons. The predicted molar refractivity (Wildman–Crippen MR) is 96.8 cm³/mol. The third-order valence-corrected chi connectivity index (χ3v) is 6.88. The minimum absolute atomic E-state index is 0.0869. The highest BCUT2D eigenvalue weighted by Crippen LogP contribution is 2.54. The molecule has 2 aliphatic carbocycles. The summed E-state index contributed by atoms with van der Waals surface area (Å²) in [7, 11) is 0. The maximum atomic E-state index is 13.0. The number of thioether (sulfide) groups is 1. The van der Waals surface area contributed by atoms with Gasteiger partial charge < -0.3 is 0 Å². The predicted octanol–water partition coefficient (Wildman–Crippen LogP) is 4.80. The number of para-hydroxylation sites is 1. The van der Waals surface area contributed by atoms with Crippen LogP contribution in [0.4, 0.5) is 0 Å². The van der Waals surface area contributed by atoms with E-state index in [1.807, 2.05) is 28.8 Å². The zero-order chi connectivity index (χ0) is 16.0. The van der Waals surface area contributed by atoms with Gasteiger partial charge in [0.05, 0.1) is 10.9 Å². The Morgan fingerprint density at radius 1 is 1.26 bits per heavy atom. The molecule has 0 amide bonds. The van der Waals surface area contributed by atoms with E-state index in [1.165, 1.54) is 12.8 Å². The van der Waals surface area contributed by atoms with E-state index in [2.05, 4.69) is 0 Å². The second kappa shape index (κ2) is 5.98. The first-order valence-electron chi connectivity index (χ1n) is 8.08. The van der Waals surface area contributed by atoms with E-state index < -0.39 is 4.33 Å². The number of fused-ring (bicyclic) bond motifs is 1. The number of hydrogen-bond donors (Lipinski definition) is 0. The molecule has 0 spiro atoms. The Hall–Kier alpha value is -0.710. The average Bonchev–Trinajstić information content (AvgIpc) is 2.91. The van der Waals surface area contributed by atoms with E-state index in [1.54, 1.807) is 11.8 Å². The zero-order valence-electron chi connectivity index (χ0n) is 12.7. The van der Waals surface area contributed by atoms with Crippen molar-refractivity contribution in [1.29, 1.82) is 0 Å². The third-order valence-electron chi connectivity index (χ3n) is 4.83. The van der Waals surface area contributed by atoms with Crippen molar-refractivity contribution in [3.8, 4) is 0 Å². The maximum Gasteiger partial charge on any atom is 0.262 e. The number of nitrogens with zero attached hydrogens (tertiary/aromatic N) is 2. The molecule has 0 aliphatic heterocycles. The quantitative estimate of drug-likeness (QED) is 0.441. The minimum atomic E-state index is -0.581. The standard InChI is InChI=1S/C17H18Cl2N2OS/c18-17(19)9-11(17)10-23-16-20-14-8-4-3-7-13(14)15(22)21(16)12-5-1-2-6-12/h3-4,7-8,11-12H,1-2,5-6,9-10H2/t11-/m0/s1. The summed E-state index contributed by atoms with van der Waals surface area (Å²) in [6.07, 6.45) is 5.31. The summed E-state index contributed by atoms with van der Waals surface area (Å²) >= 11 is 13.9. The molecule has 6 heteroatoms. The van der Waals surface area contributed by atoms with Crippen LogP contribution < -0.4 is 5.56 Å². The second-order valence-corrected chi connectivity index (χ2v) is 9.03. The van der Waals surface area contributed by atoms with Crippen LogP contribution in [-0.4, -0.2) is 19.6 Å². The minimum Gasteiger partial charge on any atom is -0.284 e. The molecular weight excluding hydrogens is 351 g/mol. The molecule has 2 saturated carbocycles. The Morgan fingerprint density at radius 3 is 2.65 bits per heavy atom. The van der Waals surface area contributed by atoms with E-state index in [0.29, 0.717) is 5.39 Å². The Balaban J connectivity index is 1.74. The van der Waals surface area contributed by atoms with Gasteiger partial charge in [0.15, 0.2) is 5.16 Å². The first-order chi connectivity index (χ1) is 11.1. The summed E-state index contributed by atoms with van der Waals surface area (Å²) in [5.74, 6) is 1.10. The third kappa shape index (κ3) is 3.01. The molecule has 1 aromatic carbocycles. The highest BCUT2D eigenvalue weighted by atomic mass is 35.5. The molecule has 0 saturated heterocycles. The summed E-state index contributed by atoms with van der Waals surface area (Å²) in [5, 5.41) is 1.52. The molecule has 2 fully saturated rings. The van der Waals surface area contributed by atoms with E-state index in [0.717, 1.165) is 35.7 Å². The summed E-state index contributed by atoms with van der Waals surface area (Å²) in [5.41, 5.74) is 0.858. The number of aromatic nitrogens is 2. The Morgan fingerprint density at radius 2 is 1.96 bits per heavy atom. The van der Waals surface area contributed by atoms with Crippen LogP contribution in [0.3, 0.4) is 0 Å². The van der Waals surface area contributed by atoms with E-state index in [4.69, 9.17) is 28.2 Å². The van der Waals surface area contributed by atoms with Crippen LogP contribution in [0, 0.1) is 5.92 Å². The number of halogens is 2. The van der Waals surface area contributed by atoms with Crippen LogP contribution in [0.5, 0.6) is 0 Å². The van der Waals surface area contributed by atoms with Crippen LogP contribution in [0.1, 0.15) is 38.1 Å².